The van der Waals surface area contributed by atoms with Gasteiger partial charge < -0.3 is 0 Å². The molecule has 2 aromatic carbocycles. The summed E-state index contributed by atoms with van der Waals surface area (Å²) in [6.45, 7) is 4.34. The average Bonchev–Trinajstić information content (AvgIpc) is 2.90. The fourth-order valence-electron chi connectivity index (χ4n) is 6.96. The molecule has 2 aliphatic carbocycles. The highest BCUT2D eigenvalue weighted by molar-refractivity contribution is 5.84. The topological polar surface area (TPSA) is 0 Å². The van der Waals surface area contributed by atoms with Gasteiger partial charge in [0.25, 0.3) is 0 Å². The van der Waals surface area contributed by atoms with Crippen molar-refractivity contribution in [3.8, 4) is 0 Å². The van der Waals surface area contributed by atoms with Gasteiger partial charge in [0.2, 0.25) is 0 Å². The van der Waals surface area contributed by atoms with Crippen LogP contribution in [0.25, 0.3) is 10.8 Å². The first-order chi connectivity index (χ1) is 17.2. The van der Waals surface area contributed by atoms with Crippen LogP contribution >= 0.6 is 0 Å². The lowest BCUT2D eigenvalue weighted by molar-refractivity contribution is 0.222. The molecule has 0 heterocycles. The van der Waals surface area contributed by atoms with Crippen molar-refractivity contribution in [2.24, 2.45) is 17.8 Å². The first kappa shape index (κ1) is 26.4. The largest absolute Gasteiger partial charge is 0.206 e. The van der Waals surface area contributed by atoms with Crippen LogP contribution in [0.3, 0.4) is 0 Å². The molecule has 0 atom stereocenters. The highest BCUT2D eigenvalue weighted by atomic mass is 19.1. The fourth-order valence-corrected chi connectivity index (χ4v) is 6.96. The molecule has 0 spiro atoms. The first-order valence-electron chi connectivity index (χ1n) is 15.0. The molecule has 0 N–H and O–H groups in total. The number of aryl methyl sites for hydroxylation is 1. The van der Waals surface area contributed by atoms with Crippen LogP contribution in [0.1, 0.15) is 127 Å². The molecule has 2 saturated carbocycles. The molecule has 1 heteroatoms. The zero-order chi connectivity index (χ0) is 24.5. The van der Waals surface area contributed by atoms with Crippen molar-refractivity contribution in [3.63, 3.8) is 0 Å². The predicted octanol–water partition coefficient (Wildman–Crippen LogP) is 10.9. The molecule has 0 saturated heterocycles. The summed E-state index contributed by atoms with van der Waals surface area (Å²) in [5.74, 6) is 3.62. The summed E-state index contributed by atoms with van der Waals surface area (Å²) in [6.07, 6.45) is 25.9. The second-order valence-corrected chi connectivity index (χ2v) is 11.8. The van der Waals surface area contributed by atoms with Gasteiger partial charge in [-0.2, -0.15) is 0 Å². The van der Waals surface area contributed by atoms with E-state index in [1.54, 1.807) is 0 Å². The summed E-state index contributed by atoms with van der Waals surface area (Å²) >= 11 is 0. The summed E-state index contributed by atoms with van der Waals surface area (Å²) < 4.78 is 15.0. The fraction of sp³-hybridized carbons (Fsp3) is 0.647. The van der Waals surface area contributed by atoms with Crippen LogP contribution in [0.2, 0.25) is 0 Å². The van der Waals surface area contributed by atoms with Crippen LogP contribution in [0.4, 0.5) is 4.39 Å². The number of hydrogen-bond acceptors (Lipinski definition) is 0. The summed E-state index contributed by atoms with van der Waals surface area (Å²) in [5.41, 5.74) is 2.27. The number of fused-ring (bicyclic) bond motifs is 1. The molecule has 2 aromatic rings. The molecule has 0 bridgehead atoms. The van der Waals surface area contributed by atoms with Gasteiger partial charge >= 0.3 is 0 Å². The van der Waals surface area contributed by atoms with E-state index < -0.39 is 0 Å². The monoisotopic (exact) mass is 476 g/mol. The Labute approximate surface area is 214 Å². The van der Waals surface area contributed by atoms with Crippen molar-refractivity contribution in [1.29, 1.82) is 0 Å². The Morgan fingerprint density at radius 1 is 0.800 bits per heavy atom. The van der Waals surface area contributed by atoms with Crippen molar-refractivity contribution in [2.45, 2.75) is 122 Å². The van der Waals surface area contributed by atoms with Gasteiger partial charge in [0.15, 0.2) is 0 Å². The second kappa shape index (κ2) is 13.6. The van der Waals surface area contributed by atoms with E-state index in [0.717, 1.165) is 46.9 Å². The number of benzene rings is 2. The van der Waals surface area contributed by atoms with Crippen LogP contribution in [-0.4, -0.2) is 0 Å². The highest BCUT2D eigenvalue weighted by Crippen LogP contribution is 2.41. The molecule has 0 radical (unpaired) electrons. The third-order valence-corrected chi connectivity index (χ3v) is 9.36. The Balaban J connectivity index is 1.22. The van der Waals surface area contributed by atoms with Crippen LogP contribution in [0.5, 0.6) is 0 Å². The quantitative estimate of drug-likeness (QED) is 0.223. The third-order valence-electron chi connectivity index (χ3n) is 9.36. The molecule has 35 heavy (non-hydrogen) atoms. The number of halogens is 1. The van der Waals surface area contributed by atoms with Gasteiger partial charge in [0.1, 0.15) is 5.82 Å². The smallest absolute Gasteiger partial charge is 0.134 e. The molecule has 4 rings (SSSR count). The summed E-state index contributed by atoms with van der Waals surface area (Å²) in [4.78, 5) is 0. The maximum Gasteiger partial charge on any atom is 0.134 e. The van der Waals surface area contributed by atoms with E-state index >= 15 is 4.39 Å². The molecule has 192 valence electrons. The van der Waals surface area contributed by atoms with Crippen LogP contribution in [0, 0.1) is 23.6 Å². The van der Waals surface area contributed by atoms with Crippen molar-refractivity contribution in [2.75, 3.05) is 0 Å². The molecule has 0 aromatic heterocycles. The highest BCUT2D eigenvalue weighted by Gasteiger charge is 2.25. The third kappa shape index (κ3) is 7.43. The molecule has 2 aliphatic rings. The lowest BCUT2D eigenvalue weighted by atomic mass is 9.74. The molecular formula is C34H49F. The molecule has 2 fully saturated rings. The van der Waals surface area contributed by atoms with Crippen LogP contribution < -0.4 is 0 Å². The van der Waals surface area contributed by atoms with Gasteiger partial charge in [-0.25, -0.2) is 4.39 Å². The SMILES string of the molecule is C/C=C/CCc1ccc2cc(C3CCC(CCC4CCC(CCCCC)CC4)CC3)ccc2c1F. The van der Waals surface area contributed by atoms with E-state index in [2.05, 4.69) is 31.2 Å². The Hall–Kier alpha value is -1.63. The minimum absolute atomic E-state index is 0.0164. The maximum atomic E-state index is 15.0. The lowest BCUT2D eigenvalue weighted by Crippen LogP contribution is -2.17. The normalized spacial score (nSPS) is 25.5. The summed E-state index contributed by atoms with van der Waals surface area (Å²) in [7, 11) is 0. The van der Waals surface area contributed by atoms with Crippen molar-refractivity contribution in [3.05, 3.63) is 59.4 Å². The first-order valence-corrected chi connectivity index (χ1v) is 15.0. The van der Waals surface area contributed by atoms with E-state index in [0.29, 0.717) is 5.92 Å². The molecule has 0 nitrogen and oxygen atoms in total. The molecule has 0 aliphatic heterocycles. The van der Waals surface area contributed by atoms with Gasteiger partial charge in [0, 0.05) is 5.39 Å². The molecule has 0 unspecified atom stereocenters. The Morgan fingerprint density at radius 3 is 2.11 bits per heavy atom. The summed E-state index contributed by atoms with van der Waals surface area (Å²) in [6, 6.07) is 10.7. The minimum Gasteiger partial charge on any atom is -0.206 e. The van der Waals surface area contributed by atoms with Gasteiger partial charge in [-0.05, 0) is 85.6 Å². The predicted molar refractivity (Wildman–Crippen MR) is 151 cm³/mol. The van der Waals surface area contributed by atoms with Gasteiger partial charge in [-0.15, -0.1) is 0 Å². The van der Waals surface area contributed by atoms with Crippen LogP contribution in [-0.2, 0) is 6.42 Å². The van der Waals surface area contributed by atoms with Crippen molar-refractivity contribution < 1.29 is 4.39 Å². The van der Waals surface area contributed by atoms with Gasteiger partial charge in [0.05, 0.1) is 0 Å². The second-order valence-electron chi connectivity index (χ2n) is 11.8. The zero-order valence-electron chi connectivity index (χ0n) is 22.5. The van der Waals surface area contributed by atoms with E-state index in [1.165, 1.54) is 95.5 Å². The molecular weight excluding hydrogens is 427 g/mol. The Bertz CT molecular complexity index is 925. The van der Waals surface area contributed by atoms with Crippen molar-refractivity contribution in [1.82, 2.24) is 0 Å². The van der Waals surface area contributed by atoms with E-state index in [4.69, 9.17) is 0 Å². The number of unbranched alkanes of at least 4 members (excludes halogenated alkanes) is 2. The number of rotatable bonds is 11. The average molecular weight is 477 g/mol. The minimum atomic E-state index is -0.0164. The van der Waals surface area contributed by atoms with Gasteiger partial charge in [-0.3, -0.25) is 0 Å². The zero-order valence-corrected chi connectivity index (χ0v) is 22.5. The van der Waals surface area contributed by atoms with Gasteiger partial charge in [-0.1, -0.05) is 114 Å². The van der Waals surface area contributed by atoms with Crippen molar-refractivity contribution >= 4 is 10.8 Å². The Morgan fingerprint density at radius 2 is 1.46 bits per heavy atom. The van der Waals surface area contributed by atoms with E-state index in [-0.39, 0.29) is 5.82 Å². The van der Waals surface area contributed by atoms with E-state index in [1.807, 2.05) is 25.1 Å². The van der Waals surface area contributed by atoms with E-state index in [9.17, 15) is 0 Å². The Kier molecular flexibility index (Phi) is 10.3. The number of hydrogen-bond donors (Lipinski definition) is 0. The lowest BCUT2D eigenvalue weighted by Gasteiger charge is -2.32. The number of allylic oxidation sites excluding steroid dienone is 2. The van der Waals surface area contributed by atoms with Crippen LogP contribution in [0.15, 0.2) is 42.5 Å². The summed E-state index contributed by atoms with van der Waals surface area (Å²) in [5, 5.41) is 1.86. The molecule has 0 amide bonds. The standard InChI is InChI=1S/C34H49F/c1-3-5-7-9-26-11-13-27(14-12-26)15-16-28-17-19-29(20-18-28)31-23-24-33-32(25-31)22-21-30(34(33)35)10-8-6-4-2/h4,6,21-29H,3,5,7-20H2,1-2H3/b6-4+. The maximum absolute atomic E-state index is 15.0.